The van der Waals surface area contributed by atoms with Gasteiger partial charge in [-0.05, 0) is 19.3 Å². The van der Waals surface area contributed by atoms with E-state index in [1.165, 1.54) is 0 Å². The average molecular weight is 133 g/mol. The van der Waals surface area contributed by atoms with Gasteiger partial charge in [0.2, 0.25) is 0 Å². The summed E-state index contributed by atoms with van der Waals surface area (Å²) in [5, 5.41) is 8.86. The second-order valence-electron chi connectivity index (χ2n) is 2.66. The summed E-state index contributed by atoms with van der Waals surface area (Å²) >= 11 is 0. The number of hydrogen-bond acceptors (Lipinski definition) is 2. The molecule has 1 fully saturated rings. The summed E-state index contributed by atoms with van der Waals surface area (Å²) in [6.45, 7) is 0. The highest BCUT2D eigenvalue weighted by molar-refractivity contribution is 4.80. The Bertz CT molecular complexity index is 99.1. The van der Waals surface area contributed by atoms with Gasteiger partial charge in [-0.3, -0.25) is 0 Å². The number of rotatable bonds is 0. The number of hydrogen-bond donors (Lipinski definition) is 2. The largest absolute Gasteiger partial charge is 0.390 e. The van der Waals surface area contributed by atoms with E-state index in [9.17, 15) is 4.39 Å². The smallest absolute Gasteiger partial charge is 0.127 e. The monoisotopic (exact) mass is 133 g/mol. The van der Waals surface area contributed by atoms with E-state index in [1.807, 2.05) is 0 Å². The number of halogens is 1. The average Bonchev–Trinajstić information content (AvgIpc) is 1.80. The fraction of sp³-hybridized carbons (Fsp3) is 1.00. The van der Waals surface area contributed by atoms with Gasteiger partial charge >= 0.3 is 0 Å². The van der Waals surface area contributed by atoms with Crippen molar-refractivity contribution in [3.63, 3.8) is 0 Å². The third kappa shape index (κ3) is 1.63. The second kappa shape index (κ2) is 2.62. The van der Waals surface area contributed by atoms with Crippen molar-refractivity contribution in [2.75, 3.05) is 0 Å². The van der Waals surface area contributed by atoms with Crippen LogP contribution in [-0.2, 0) is 0 Å². The normalized spacial score (nSPS) is 45.0. The first-order valence-electron chi connectivity index (χ1n) is 3.28. The second-order valence-corrected chi connectivity index (χ2v) is 2.66. The standard InChI is InChI=1S/C6H12FNO/c7-5-3-4(8)1-2-6(5)9/h4-6,9H,1-3,8H2/t4-,5?,6+/m1/s1. The molecule has 0 radical (unpaired) electrons. The highest BCUT2D eigenvalue weighted by atomic mass is 19.1. The predicted molar refractivity (Wildman–Crippen MR) is 32.7 cm³/mol. The lowest BCUT2D eigenvalue weighted by atomic mass is 9.92. The van der Waals surface area contributed by atoms with Crippen LogP contribution >= 0.6 is 0 Å². The van der Waals surface area contributed by atoms with Gasteiger partial charge in [0, 0.05) is 6.04 Å². The maximum atomic E-state index is 12.5. The predicted octanol–water partition coefficient (Wildman–Crippen LogP) is 0.197. The lowest BCUT2D eigenvalue weighted by Crippen LogP contribution is -2.37. The summed E-state index contributed by atoms with van der Waals surface area (Å²) < 4.78 is 12.5. The molecule has 0 saturated heterocycles. The molecular weight excluding hydrogens is 121 g/mol. The number of alkyl halides is 1. The summed E-state index contributed by atoms with van der Waals surface area (Å²) in [7, 11) is 0. The Balaban J connectivity index is 2.35. The molecule has 0 spiro atoms. The van der Waals surface area contributed by atoms with E-state index in [-0.39, 0.29) is 6.04 Å². The van der Waals surface area contributed by atoms with Crippen LogP contribution < -0.4 is 5.73 Å². The zero-order valence-electron chi connectivity index (χ0n) is 5.26. The topological polar surface area (TPSA) is 46.2 Å². The Labute approximate surface area is 53.9 Å². The van der Waals surface area contributed by atoms with Crippen molar-refractivity contribution in [2.45, 2.75) is 37.6 Å². The summed E-state index contributed by atoms with van der Waals surface area (Å²) in [6, 6.07) is -0.0385. The van der Waals surface area contributed by atoms with Crippen LogP contribution in [-0.4, -0.2) is 23.4 Å². The van der Waals surface area contributed by atoms with Crippen LogP contribution in [0, 0.1) is 0 Å². The van der Waals surface area contributed by atoms with Crippen molar-refractivity contribution >= 4 is 0 Å². The zero-order chi connectivity index (χ0) is 6.85. The van der Waals surface area contributed by atoms with Gasteiger partial charge in [-0.1, -0.05) is 0 Å². The first-order chi connectivity index (χ1) is 4.20. The Morgan fingerprint density at radius 2 is 2.11 bits per heavy atom. The van der Waals surface area contributed by atoms with Gasteiger partial charge in [-0.2, -0.15) is 0 Å². The molecule has 1 unspecified atom stereocenters. The van der Waals surface area contributed by atoms with Crippen LogP contribution in [0.15, 0.2) is 0 Å². The van der Waals surface area contributed by atoms with E-state index in [1.54, 1.807) is 0 Å². The maximum Gasteiger partial charge on any atom is 0.127 e. The Morgan fingerprint density at radius 3 is 2.56 bits per heavy atom. The van der Waals surface area contributed by atoms with Crippen LogP contribution in [0.3, 0.4) is 0 Å². The highest BCUT2D eigenvalue weighted by Gasteiger charge is 2.26. The lowest BCUT2D eigenvalue weighted by molar-refractivity contribution is 0.0378. The van der Waals surface area contributed by atoms with E-state index in [0.29, 0.717) is 12.8 Å². The molecule has 0 aliphatic heterocycles. The molecule has 3 N–H and O–H groups in total. The molecule has 1 aliphatic carbocycles. The summed E-state index contributed by atoms with van der Waals surface area (Å²) in [4.78, 5) is 0. The number of aliphatic hydroxyl groups is 1. The molecule has 3 heteroatoms. The molecule has 0 aromatic rings. The van der Waals surface area contributed by atoms with Crippen molar-refractivity contribution in [1.29, 1.82) is 0 Å². The molecule has 1 aliphatic rings. The van der Waals surface area contributed by atoms with Gasteiger partial charge in [-0.15, -0.1) is 0 Å². The molecule has 54 valence electrons. The van der Waals surface area contributed by atoms with Crippen LogP contribution in [0.4, 0.5) is 4.39 Å². The van der Waals surface area contributed by atoms with Crippen LogP contribution in [0.2, 0.25) is 0 Å². The number of aliphatic hydroxyl groups excluding tert-OH is 1. The minimum absolute atomic E-state index is 0.0385. The highest BCUT2D eigenvalue weighted by Crippen LogP contribution is 2.19. The molecular formula is C6H12FNO. The fourth-order valence-electron chi connectivity index (χ4n) is 1.13. The van der Waals surface area contributed by atoms with Gasteiger partial charge in [0.05, 0.1) is 6.10 Å². The molecule has 1 rings (SSSR count). The lowest BCUT2D eigenvalue weighted by Gasteiger charge is -2.25. The van der Waals surface area contributed by atoms with Gasteiger partial charge in [0.25, 0.3) is 0 Å². The minimum atomic E-state index is -1.09. The van der Waals surface area contributed by atoms with E-state index in [4.69, 9.17) is 10.8 Å². The Kier molecular flexibility index (Phi) is 2.03. The molecule has 0 bridgehead atoms. The van der Waals surface area contributed by atoms with Gasteiger partial charge in [-0.25, -0.2) is 4.39 Å². The maximum absolute atomic E-state index is 12.5. The van der Waals surface area contributed by atoms with Crippen molar-refractivity contribution in [3.05, 3.63) is 0 Å². The van der Waals surface area contributed by atoms with Gasteiger partial charge < -0.3 is 10.8 Å². The summed E-state index contributed by atoms with van der Waals surface area (Å²) in [5.74, 6) is 0. The van der Waals surface area contributed by atoms with Crippen LogP contribution in [0.25, 0.3) is 0 Å². The third-order valence-electron chi connectivity index (χ3n) is 1.78. The zero-order valence-corrected chi connectivity index (χ0v) is 5.26. The Morgan fingerprint density at radius 1 is 1.44 bits per heavy atom. The fourth-order valence-corrected chi connectivity index (χ4v) is 1.13. The van der Waals surface area contributed by atoms with E-state index in [2.05, 4.69) is 0 Å². The minimum Gasteiger partial charge on any atom is -0.390 e. The van der Waals surface area contributed by atoms with E-state index < -0.39 is 12.3 Å². The Hall–Kier alpha value is -0.150. The third-order valence-corrected chi connectivity index (χ3v) is 1.78. The van der Waals surface area contributed by atoms with Crippen molar-refractivity contribution < 1.29 is 9.50 Å². The van der Waals surface area contributed by atoms with E-state index in [0.717, 1.165) is 6.42 Å². The van der Waals surface area contributed by atoms with E-state index >= 15 is 0 Å². The van der Waals surface area contributed by atoms with Crippen molar-refractivity contribution in [3.8, 4) is 0 Å². The van der Waals surface area contributed by atoms with Crippen LogP contribution in [0.1, 0.15) is 19.3 Å². The molecule has 2 nitrogen and oxygen atoms in total. The molecule has 3 atom stereocenters. The summed E-state index contributed by atoms with van der Waals surface area (Å²) in [6.07, 6.45) is -0.260. The molecule has 0 aromatic heterocycles. The number of nitrogens with two attached hydrogens (primary N) is 1. The van der Waals surface area contributed by atoms with Crippen molar-refractivity contribution in [1.82, 2.24) is 0 Å². The SMILES string of the molecule is N[C@@H]1CC[C@H](O)C(F)C1. The molecule has 0 heterocycles. The quantitative estimate of drug-likeness (QED) is 0.495. The molecule has 1 saturated carbocycles. The molecule has 0 aromatic carbocycles. The van der Waals surface area contributed by atoms with Crippen molar-refractivity contribution in [2.24, 2.45) is 5.73 Å². The first-order valence-corrected chi connectivity index (χ1v) is 3.28. The van der Waals surface area contributed by atoms with Gasteiger partial charge in [0.15, 0.2) is 0 Å². The summed E-state index contributed by atoms with van der Waals surface area (Å²) in [5.41, 5.74) is 5.44. The van der Waals surface area contributed by atoms with Crippen LogP contribution in [0.5, 0.6) is 0 Å². The van der Waals surface area contributed by atoms with Gasteiger partial charge in [0.1, 0.15) is 6.17 Å². The molecule has 9 heavy (non-hydrogen) atoms. The molecule has 0 amide bonds. The first kappa shape index (κ1) is 6.96.